The van der Waals surface area contributed by atoms with Crippen molar-refractivity contribution in [3.8, 4) is 0 Å². The van der Waals surface area contributed by atoms with Crippen LogP contribution in [0.2, 0.25) is 0 Å². The number of hydrogen-bond donors (Lipinski definition) is 0. The highest BCUT2D eigenvalue weighted by molar-refractivity contribution is 5.71. The Labute approximate surface area is 378 Å². The molecule has 1 atom stereocenters. The Hall–Kier alpha value is -2.63. The van der Waals surface area contributed by atoms with E-state index in [1.54, 1.807) is 0 Å². The van der Waals surface area contributed by atoms with E-state index < -0.39 is 6.10 Å². The molecule has 6 nitrogen and oxygen atoms in total. The number of rotatable bonds is 47. The summed E-state index contributed by atoms with van der Waals surface area (Å²) in [5.41, 5.74) is 0. The number of allylic oxidation sites excluding steroid dienone is 8. The molecule has 0 aromatic carbocycles. The highest BCUT2D eigenvalue weighted by atomic mass is 16.6. The van der Waals surface area contributed by atoms with Gasteiger partial charge < -0.3 is 14.2 Å². The molecule has 1 unspecified atom stereocenters. The van der Waals surface area contributed by atoms with Crippen LogP contribution in [-0.4, -0.2) is 37.2 Å². The Kier molecular flexibility index (Phi) is 47.9. The van der Waals surface area contributed by atoms with Gasteiger partial charge in [0.05, 0.1) is 0 Å². The average Bonchev–Trinajstić information content (AvgIpc) is 3.26. The van der Waals surface area contributed by atoms with Gasteiger partial charge in [0.2, 0.25) is 0 Å². The zero-order valence-electron chi connectivity index (χ0n) is 40.4. The van der Waals surface area contributed by atoms with Gasteiger partial charge in [-0.05, 0) is 83.5 Å². The van der Waals surface area contributed by atoms with Crippen LogP contribution < -0.4 is 0 Å². The first-order valence-corrected chi connectivity index (χ1v) is 26.1. The maximum atomic E-state index is 12.8. The summed E-state index contributed by atoms with van der Waals surface area (Å²) in [5.74, 6) is -0.892. The van der Waals surface area contributed by atoms with E-state index in [0.29, 0.717) is 19.3 Å². The molecule has 0 aliphatic carbocycles. The second kappa shape index (κ2) is 50.0. The average molecular weight is 855 g/mol. The number of esters is 3. The summed E-state index contributed by atoms with van der Waals surface area (Å²) in [5, 5.41) is 0. The van der Waals surface area contributed by atoms with E-state index in [-0.39, 0.29) is 31.1 Å². The van der Waals surface area contributed by atoms with Crippen LogP contribution in [-0.2, 0) is 28.6 Å². The summed E-state index contributed by atoms with van der Waals surface area (Å²) in [6, 6.07) is 0. The first-order chi connectivity index (χ1) is 30.0. The molecule has 354 valence electrons. The first-order valence-electron chi connectivity index (χ1n) is 26.1. The molecule has 0 saturated carbocycles. The second-order valence-corrected chi connectivity index (χ2v) is 17.4. The molecular formula is C55H98O6. The summed E-state index contributed by atoms with van der Waals surface area (Å²) in [4.78, 5) is 37.8. The van der Waals surface area contributed by atoms with Crippen molar-refractivity contribution in [1.82, 2.24) is 0 Å². The minimum atomic E-state index is -0.774. The van der Waals surface area contributed by atoms with E-state index in [1.807, 2.05) is 0 Å². The van der Waals surface area contributed by atoms with Crippen molar-refractivity contribution in [3.63, 3.8) is 0 Å². The molecule has 0 N–H and O–H groups in total. The van der Waals surface area contributed by atoms with Gasteiger partial charge in [0.25, 0.3) is 0 Å². The van der Waals surface area contributed by atoms with Gasteiger partial charge in [0.15, 0.2) is 6.10 Å². The number of carbonyl (C=O) groups is 3. The smallest absolute Gasteiger partial charge is 0.306 e. The summed E-state index contributed by atoms with van der Waals surface area (Å²) in [6.07, 6.45) is 59.7. The highest BCUT2D eigenvalue weighted by Crippen LogP contribution is 2.15. The predicted octanol–water partition coefficient (Wildman–Crippen LogP) is 17.1. The third-order valence-electron chi connectivity index (χ3n) is 11.3. The van der Waals surface area contributed by atoms with Gasteiger partial charge in [-0.25, -0.2) is 0 Å². The molecule has 0 bridgehead atoms. The van der Waals surface area contributed by atoms with E-state index >= 15 is 0 Å². The van der Waals surface area contributed by atoms with E-state index in [9.17, 15) is 14.4 Å². The van der Waals surface area contributed by atoms with Gasteiger partial charge in [-0.1, -0.05) is 211 Å². The van der Waals surface area contributed by atoms with Gasteiger partial charge in [-0.3, -0.25) is 14.4 Å². The molecule has 0 radical (unpaired) electrons. The maximum absolute atomic E-state index is 12.8. The monoisotopic (exact) mass is 855 g/mol. The van der Waals surface area contributed by atoms with Crippen LogP contribution in [0.15, 0.2) is 48.6 Å². The molecule has 0 saturated heterocycles. The Morgan fingerprint density at radius 1 is 0.328 bits per heavy atom. The number of ether oxygens (including phenoxy) is 3. The quantitative estimate of drug-likeness (QED) is 0.0263. The normalized spacial score (nSPS) is 12.4. The van der Waals surface area contributed by atoms with Gasteiger partial charge in [0.1, 0.15) is 13.2 Å². The van der Waals surface area contributed by atoms with Crippen molar-refractivity contribution in [3.05, 3.63) is 48.6 Å². The molecule has 0 aliphatic rings. The van der Waals surface area contributed by atoms with Crippen LogP contribution in [0.4, 0.5) is 0 Å². The van der Waals surface area contributed by atoms with Crippen molar-refractivity contribution in [2.45, 2.75) is 271 Å². The van der Waals surface area contributed by atoms with Crippen LogP contribution in [0.1, 0.15) is 265 Å². The summed E-state index contributed by atoms with van der Waals surface area (Å²) in [6.45, 7) is 6.54. The minimum Gasteiger partial charge on any atom is -0.462 e. The zero-order chi connectivity index (χ0) is 44.4. The molecule has 0 rings (SSSR count). The van der Waals surface area contributed by atoms with Crippen molar-refractivity contribution >= 4 is 17.9 Å². The molecule has 0 aromatic rings. The first kappa shape index (κ1) is 58.4. The Bertz CT molecular complexity index is 1070. The Morgan fingerprint density at radius 3 is 0.951 bits per heavy atom. The van der Waals surface area contributed by atoms with Crippen LogP contribution in [0, 0.1) is 0 Å². The third-order valence-corrected chi connectivity index (χ3v) is 11.3. The lowest BCUT2D eigenvalue weighted by atomic mass is 10.1. The van der Waals surface area contributed by atoms with E-state index in [1.165, 1.54) is 148 Å². The molecule has 61 heavy (non-hydrogen) atoms. The number of unbranched alkanes of at least 4 members (excludes halogenated alkanes) is 28. The molecule has 6 heteroatoms. The van der Waals surface area contributed by atoms with E-state index in [0.717, 1.165) is 77.0 Å². The summed E-state index contributed by atoms with van der Waals surface area (Å²) in [7, 11) is 0. The maximum Gasteiger partial charge on any atom is 0.306 e. The fraction of sp³-hybridized carbons (Fsp3) is 0.800. The SMILES string of the molecule is CCCCC/C=C\C/C=C\CCCCCCCCCCCC(=O)OCC(COC(=O)CCCCCCCC)OC(=O)CCCCCCCCC/C=C\C/C=C\CCCCCC. The Morgan fingerprint density at radius 2 is 0.590 bits per heavy atom. The minimum absolute atomic E-state index is 0.0771. The zero-order valence-corrected chi connectivity index (χ0v) is 40.4. The van der Waals surface area contributed by atoms with Crippen LogP contribution in [0.5, 0.6) is 0 Å². The van der Waals surface area contributed by atoms with Gasteiger partial charge in [-0.2, -0.15) is 0 Å². The van der Waals surface area contributed by atoms with Gasteiger partial charge in [-0.15, -0.1) is 0 Å². The lowest BCUT2D eigenvalue weighted by molar-refractivity contribution is -0.167. The molecule has 0 aliphatic heterocycles. The van der Waals surface area contributed by atoms with Crippen LogP contribution >= 0.6 is 0 Å². The molecule has 0 spiro atoms. The third kappa shape index (κ3) is 48.3. The fourth-order valence-corrected chi connectivity index (χ4v) is 7.33. The highest BCUT2D eigenvalue weighted by Gasteiger charge is 2.19. The van der Waals surface area contributed by atoms with Crippen molar-refractivity contribution in [2.24, 2.45) is 0 Å². The van der Waals surface area contributed by atoms with Crippen LogP contribution in [0.3, 0.4) is 0 Å². The molecule has 0 heterocycles. The lowest BCUT2D eigenvalue weighted by Gasteiger charge is -2.18. The van der Waals surface area contributed by atoms with E-state index in [2.05, 4.69) is 69.4 Å². The standard InChI is InChI=1S/C55H98O6/c1-4-7-10-13-16-18-20-22-24-26-28-30-31-33-35-37-39-42-45-48-54(57)60-51-52(50-59-53(56)47-44-41-15-12-9-6-3)61-55(58)49-46-43-40-38-36-34-32-29-27-25-23-21-19-17-14-11-8-5-2/h16,18-19,21-22,24-25,27,52H,4-15,17,20,23,26,28-51H2,1-3H3/b18-16-,21-19-,24-22-,27-25-. The molecular weight excluding hydrogens is 757 g/mol. The van der Waals surface area contributed by atoms with Gasteiger partial charge in [0, 0.05) is 19.3 Å². The number of hydrogen-bond acceptors (Lipinski definition) is 6. The fourth-order valence-electron chi connectivity index (χ4n) is 7.33. The van der Waals surface area contributed by atoms with E-state index in [4.69, 9.17) is 14.2 Å². The predicted molar refractivity (Wildman–Crippen MR) is 261 cm³/mol. The second-order valence-electron chi connectivity index (χ2n) is 17.4. The molecule has 0 aromatic heterocycles. The lowest BCUT2D eigenvalue weighted by Crippen LogP contribution is -2.30. The molecule has 0 fully saturated rings. The summed E-state index contributed by atoms with van der Waals surface area (Å²) < 4.78 is 16.7. The van der Waals surface area contributed by atoms with Gasteiger partial charge >= 0.3 is 17.9 Å². The van der Waals surface area contributed by atoms with Crippen molar-refractivity contribution < 1.29 is 28.6 Å². The van der Waals surface area contributed by atoms with Crippen molar-refractivity contribution in [1.29, 1.82) is 0 Å². The topological polar surface area (TPSA) is 78.9 Å². The Balaban J connectivity index is 4.21. The van der Waals surface area contributed by atoms with Crippen LogP contribution in [0.25, 0.3) is 0 Å². The largest absolute Gasteiger partial charge is 0.462 e. The molecule has 0 amide bonds. The number of carbonyl (C=O) groups excluding carboxylic acids is 3. The van der Waals surface area contributed by atoms with Crippen molar-refractivity contribution in [2.75, 3.05) is 13.2 Å². The summed E-state index contributed by atoms with van der Waals surface area (Å²) >= 11 is 0.